The van der Waals surface area contributed by atoms with Gasteiger partial charge in [-0.3, -0.25) is 9.59 Å². The van der Waals surface area contributed by atoms with Gasteiger partial charge in [0.1, 0.15) is 6.04 Å². The molecule has 110 valence electrons. The monoisotopic (exact) mass is 294 g/mol. The lowest BCUT2D eigenvalue weighted by molar-refractivity contribution is -0.126. The SMILES string of the molecule is CCC(CC)[C@@H](NC(=O)[C@H]1CCC(=O)N1)c1cccs1. The Morgan fingerprint density at radius 2 is 2.25 bits per heavy atom. The maximum Gasteiger partial charge on any atom is 0.243 e. The Morgan fingerprint density at radius 1 is 1.50 bits per heavy atom. The first-order valence-corrected chi connectivity index (χ1v) is 8.16. The van der Waals surface area contributed by atoms with Crippen molar-refractivity contribution in [1.82, 2.24) is 10.6 Å². The molecule has 2 amide bonds. The number of amides is 2. The van der Waals surface area contributed by atoms with Crippen molar-refractivity contribution < 1.29 is 9.59 Å². The Bertz CT molecular complexity index is 454. The van der Waals surface area contributed by atoms with Crippen LogP contribution in [0.4, 0.5) is 0 Å². The van der Waals surface area contributed by atoms with E-state index in [1.807, 2.05) is 11.4 Å². The van der Waals surface area contributed by atoms with Gasteiger partial charge in [-0.15, -0.1) is 11.3 Å². The smallest absolute Gasteiger partial charge is 0.243 e. The molecule has 0 radical (unpaired) electrons. The van der Waals surface area contributed by atoms with Crippen LogP contribution in [0.3, 0.4) is 0 Å². The Hall–Kier alpha value is -1.36. The summed E-state index contributed by atoms with van der Waals surface area (Å²) in [7, 11) is 0. The number of carbonyl (C=O) groups is 2. The van der Waals surface area contributed by atoms with E-state index in [0.29, 0.717) is 18.8 Å². The van der Waals surface area contributed by atoms with Gasteiger partial charge in [0, 0.05) is 11.3 Å². The summed E-state index contributed by atoms with van der Waals surface area (Å²) in [6.07, 6.45) is 3.10. The third-order valence-electron chi connectivity index (χ3n) is 3.98. The quantitative estimate of drug-likeness (QED) is 0.847. The van der Waals surface area contributed by atoms with Crippen LogP contribution in [0.5, 0.6) is 0 Å². The normalized spacial score (nSPS) is 19.9. The summed E-state index contributed by atoms with van der Waals surface area (Å²) < 4.78 is 0. The minimum Gasteiger partial charge on any atom is -0.346 e. The largest absolute Gasteiger partial charge is 0.346 e. The fourth-order valence-electron chi connectivity index (χ4n) is 2.71. The van der Waals surface area contributed by atoms with Crippen LogP contribution in [0.2, 0.25) is 0 Å². The molecule has 4 nitrogen and oxygen atoms in total. The lowest BCUT2D eigenvalue weighted by Gasteiger charge is -2.26. The van der Waals surface area contributed by atoms with Gasteiger partial charge in [0.25, 0.3) is 0 Å². The molecule has 0 unspecified atom stereocenters. The molecule has 0 aliphatic carbocycles. The number of carbonyl (C=O) groups excluding carboxylic acids is 2. The second-order valence-corrected chi connectivity index (χ2v) is 6.22. The van der Waals surface area contributed by atoms with Gasteiger partial charge in [0.15, 0.2) is 0 Å². The van der Waals surface area contributed by atoms with Crippen molar-refractivity contribution in [2.24, 2.45) is 5.92 Å². The summed E-state index contributed by atoms with van der Waals surface area (Å²) >= 11 is 1.67. The molecule has 0 saturated carbocycles. The first-order valence-electron chi connectivity index (χ1n) is 7.28. The van der Waals surface area contributed by atoms with Crippen LogP contribution in [-0.2, 0) is 9.59 Å². The van der Waals surface area contributed by atoms with E-state index in [2.05, 4.69) is 30.5 Å². The molecule has 2 rings (SSSR count). The number of hydrogen-bond acceptors (Lipinski definition) is 3. The summed E-state index contributed by atoms with van der Waals surface area (Å²) in [4.78, 5) is 24.7. The van der Waals surface area contributed by atoms with Crippen molar-refractivity contribution in [3.63, 3.8) is 0 Å². The summed E-state index contributed by atoms with van der Waals surface area (Å²) in [5.41, 5.74) is 0. The Labute approximate surface area is 124 Å². The predicted octanol–water partition coefficient (Wildman–Crippen LogP) is 2.62. The van der Waals surface area contributed by atoms with Crippen LogP contribution in [0.1, 0.15) is 50.4 Å². The van der Waals surface area contributed by atoms with Gasteiger partial charge in [-0.05, 0) is 23.8 Å². The van der Waals surface area contributed by atoms with Gasteiger partial charge in [0.2, 0.25) is 11.8 Å². The number of rotatable bonds is 6. The molecule has 2 atom stereocenters. The topological polar surface area (TPSA) is 58.2 Å². The highest BCUT2D eigenvalue weighted by atomic mass is 32.1. The molecular formula is C15H22N2O2S. The first-order chi connectivity index (χ1) is 9.65. The van der Waals surface area contributed by atoms with Crippen LogP contribution < -0.4 is 10.6 Å². The second kappa shape index (κ2) is 6.88. The number of nitrogens with one attached hydrogen (secondary N) is 2. The van der Waals surface area contributed by atoms with E-state index < -0.39 is 0 Å². The summed E-state index contributed by atoms with van der Waals surface area (Å²) in [6, 6.07) is 3.77. The van der Waals surface area contributed by atoms with Crippen LogP contribution in [-0.4, -0.2) is 17.9 Å². The highest BCUT2D eigenvalue weighted by Crippen LogP contribution is 2.30. The number of thiophene rings is 1. The average Bonchev–Trinajstić information content (AvgIpc) is 3.09. The van der Waals surface area contributed by atoms with E-state index >= 15 is 0 Å². The molecule has 0 bridgehead atoms. The van der Waals surface area contributed by atoms with Crippen LogP contribution in [0, 0.1) is 5.92 Å². The van der Waals surface area contributed by atoms with E-state index in [9.17, 15) is 9.59 Å². The highest BCUT2D eigenvalue weighted by molar-refractivity contribution is 7.10. The lowest BCUT2D eigenvalue weighted by Crippen LogP contribution is -2.44. The van der Waals surface area contributed by atoms with E-state index in [1.54, 1.807) is 11.3 Å². The maximum absolute atomic E-state index is 12.3. The van der Waals surface area contributed by atoms with E-state index in [0.717, 1.165) is 12.8 Å². The predicted molar refractivity (Wildman–Crippen MR) is 80.4 cm³/mol. The zero-order valence-corrected chi connectivity index (χ0v) is 12.8. The zero-order chi connectivity index (χ0) is 14.5. The van der Waals surface area contributed by atoms with E-state index in [4.69, 9.17) is 0 Å². The molecule has 1 aromatic rings. The van der Waals surface area contributed by atoms with Crippen molar-refractivity contribution in [1.29, 1.82) is 0 Å². The Balaban J connectivity index is 2.07. The van der Waals surface area contributed by atoms with Crippen molar-refractivity contribution in [3.8, 4) is 0 Å². The van der Waals surface area contributed by atoms with Crippen molar-refractivity contribution in [3.05, 3.63) is 22.4 Å². The minimum atomic E-state index is -0.362. The van der Waals surface area contributed by atoms with Gasteiger partial charge < -0.3 is 10.6 Å². The average molecular weight is 294 g/mol. The molecule has 1 fully saturated rings. The second-order valence-electron chi connectivity index (χ2n) is 5.24. The molecule has 1 aliphatic rings. The van der Waals surface area contributed by atoms with Gasteiger partial charge in [-0.25, -0.2) is 0 Å². The van der Waals surface area contributed by atoms with Crippen molar-refractivity contribution in [2.75, 3.05) is 0 Å². The van der Waals surface area contributed by atoms with E-state index in [1.165, 1.54) is 4.88 Å². The number of hydrogen-bond donors (Lipinski definition) is 2. The zero-order valence-electron chi connectivity index (χ0n) is 12.0. The molecule has 1 aliphatic heterocycles. The molecule has 0 spiro atoms. The summed E-state index contributed by atoms with van der Waals surface area (Å²) in [5.74, 6) is 0.344. The van der Waals surface area contributed by atoms with Gasteiger partial charge in [-0.2, -0.15) is 0 Å². The molecule has 1 aromatic heterocycles. The Morgan fingerprint density at radius 3 is 2.75 bits per heavy atom. The minimum absolute atomic E-state index is 0.0274. The molecule has 5 heteroatoms. The maximum atomic E-state index is 12.3. The van der Waals surface area contributed by atoms with Gasteiger partial charge >= 0.3 is 0 Å². The summed E-state index contributed by atoms with van der Waals surface area (Å²) in [6.45, 7) is 4.30. The molecule has 2 heterocycles. The molecular weight excluding hydrogens is 272 g/mol. The summed E-state index contributed by atoms with van der Waals surface area (Å²) in [5, 5.41) is 7.91. The fraction of sp³-hybridized carbons (Fsp3) is 0.600. The molecule has 20 heavy (non-hydrogen) atoms. The third kappa shape index (κ3) is 3.39. The van der Waals surface area contributed by atoms with Gasteiger partial charge in [0.05, 0.1) is 6.04 Å². The van der Waals surface area contributed by atoms with Gasteiger partial charge in [-0.1, -0.05) is 32.8 Å². The van der Waals surface area contributed by atoms with E-state index in [-0.39, 0.29) is 23.9 Å². The van der Waals surface area contributed by atoms with Crippen molar-refractivity contribution in [2.45, 2.75) is 51.6 Å². The highest BCUT2D eigenvalue weighted by Gasteiger charge is 2.31. The standard InChI is InChI=1S/C15H22N2O2S/c1-3-10(4-2)14(12-6-5-9-20-12)17-15(19)11-7-8-13(18)16-11/h5-6,9-11,14H,3-4,7-8H2,1-2H3,(H,16,18)(H,17,19)/t11-,14-/m1/s1. The molecule has 0 aromatic carbocycles. The van der Waals surface area contributed by atoms with Crippen LogP contribution >= 0.6 is 11.3 Å². The lowest BCUT2D eigenvalue weighted by atomic mass is 9.92. The Kier molecular flexibility index (Phi) is 5.17. The first kappa shape index (κ1) is 15.0. The van der Waals surface area contributed by atoms with Crippen molar-refractivity contribution >= 4 is 23.2 Å². The van der Waals surface area contributed by atoms with Crippen LogP contribution in [0.25, 0.3) is 0 Å². The fourth-order valence-corrected chi connectivity index (χ4v) is 3.58. The van der Waals surface area contributed by atoms with Crippen LogP contribution in [0.15, 0.2) is 17.5 Å². The molecule has 2 N–H and O–H groups in total. The third-order valence-corrected chi connectivity index (χ3v) is 4.93. The molecule has 1 saturated heterocycles.